The molecular weight excluding hydrogens is 406 g/mol. The molecule has 104 valence electrons. The van der Waals surface area contributed by atoms with Crippen LogP contribution in [0.5, 0.6) is 0 Å². The molecule has 2 heterocycles. The molecular formula is C10H5BrClN3O2S3. The molecule has 0 saturated heterocycles. The molecule has 1 aliphatic rings. The van der Waals surface area contributed by atoms with E-state index in [4.69, 9.17) is 11.6 Å². The Morgan fingerprint density at radius 1 is 1.30 bits per heavy atom. The Morgan fingerprint density at radius 3 is 2.80 bits per heavy atom. The normalized spacial score (nSPS) is 13.1. The van der Waals surface area contributed by atoms with E-state index in [1.807, 2.05) is 0 Å². The summed E-state index contributed by atoms with van der Waals surface area (Å²) in [5.41, 5.74) is 1.58. The number of fused-ring (bicyclic) bond motifs is 1. The standard InChI is InChI=1S/C10H5BrClN3O2S3/c11-10-5(12)4-8(18-10)20(16,17)15-7-3-1-2-6-9(7)14-19-13-6/h1-4,15H. The molecule has 1 aromatic heterocycles. The number of sulfonamides is 1. The average molecular weight is 411 g/mol. The van der Waals surface area contributed by atoms with Crippen LogP contribution in [0, 0.1) is 0 Å². The van der Waals surface area contributed by atoms with Gasteiger partial charge in [-0.3, -0.25) is 4.72 Å². The van der Waals surface area contributed by atoms with Gasteiger partial charge in [0.15, 0.2) is 0 Å². The van der Waals surface area contributed by atoms with Crippen LogP contribution in [-0.2, 0) is 21.4 Å². The van der Waals surface area contributed by atoms with E-state index in [1.54, 1.807) is 18.2 Å². The molecule has 0 spiro atoms. The third-order valence-electron chi connectivity index (χ3n) is 2.42. The number of halogens is 2. The summed E-state index contributed by atoms with van der Waals surface area (Å²) in [7, 11) is -3.69. The zero-order valence-electron chi connectivity index (χ0n) is 9.50. The number of nitrogens with one attached hydrogen (secondary N) is 1. The zero-order valence-corrected chi connectivity index (χ0v) is 14.3. The summed E-state index contributed by atoms with van der Waals surface area (Å²) >= 11 is 11.2. The second-order valence-corrected chi connectivity index (χ2v) is 8.95. The first-order chi connectivity index (χ1) is 9.47. The summed E-state index contributed by atoms with van der Waals surface area (Å²) in [5, 5.41) is 0.365. The summed E-state index contributed by atoms with van der Waals surface area (Å²) in [5.74, 6) is 0. The Labute approximate surface area is 136 Å². The van der Waals surface area contributed by atoms with Crippen molar-refractivity contribution in [2.24, 2.45) is 8.73 Å². The van der Waals surface area contributed by atoms with Crippen molar-refractivity contribution in [3.8, 4) is 0 Å². The second kappa shape index (κ2) is 5.23. The molecule has 0 unspecified atom stereocenters. The number of hydrogen-bond donors (Lipinski definition) is 1. The first-order valence-corrected chi connectivity index (χ1v) is 9.36. The van der Waals surface area contributed by atoms with E-state index in [2.05, 4.69) is 29.4 Å². The Balaban J connectivity index is 1.99. The maximum atomic E-state index is 12.3. The molecule has 20 heavy (non-hydrogen) atoms. The number of anilines is 1. The average Bonchev–Trinajstić information content (AvgIpc) is 2.98. The van der Waals surface area contributed by atoms with Crippen molar-refractivity contribution in [2.45, 2.75) is 4.21 Å². The Kier molecular flexibility index (Phi) is 3.71. The molecule has 0 saturated carbocycles. The fourth-order valence-electron chi connectivity index (χ4n) is 1.54. The number of nitrogens with zero attached hydrogens (tertiary/aromatic N) is 2. The van der Waals surface area contributed by atoms with Crippen molar-refractivity contribution in [1.82, 2.24) is 0 Å². The quantitative estimate of drug-likeness (QED) is 0.680. The fraction of sp³-hybridized carbons (Fsp3) is 0. The van der Waals surface area contributed by atoms with Crippen molar-refractivity contribution in [2.75, 3.05) is 4.72 Å². The van der Waals surface area contributed by atoms with Crippen molar-refractivity contribution in [3.05, 3.63) is 33.1 Å². The van der Waals surface area contributed by atoms with E-state index in [9.17, 15) is 8.42 Å². The minimum Gasteiger partial charge on any atom is -0.277 e. The highest BCUT2D eigenvalue weighted by molar-refractivity contribution is 9.11. The zero-order chi connectivity index (χ0) is 14.3. The molecule has 0 radical (unpaired) electrons. The SMILES string of the molecule is O=S(=O)(Nc1cccc2c1N=S=N2)c1cc(Cl)c(Br)s1. The van der Waals surface area contributed by atoms with Crippen LogP contribution < -0.4 is 4.72 Å². The predicted molar refractivity (Wildman–Crippen MR) is 85.8 cm³/mol. The number of rotatable bonds is 3. The molecule has 10 heteroatoms. The van der Waals surface area contributed by atoms with E-state index >= 15 is 0 Å². The van der Waals surface area contributed by atoms with Gasteiger partial charge in [0.05, 0.1) is 25.9 Å². The van der Waals surface area contributed by atoms with Gasteiger partial charge in [0.2, 0.25) is 0 Å². The highest BCUT2D eigenvalue weighted by Gasteiger charge is 2.21. The van der Waals surface area contributed by atoms with Gasteiger partial charge in [-0.05, 0) is 34.1 Å². The smallest absolute Gasteiger partial charge is 0.271 e. The minimum absolute atomic E-state index is 0.134. The lowest BCUT2D eigenvalue weighted by Crippen LogP contribution is -2.11. The van der Waals surface area contributed by atoms with Crippen molar-refractivity contribution >= 4 is 77.3 Å². The third-order valence-corrected chi connectivity index (χ3v) is 7.27. The highest BCUT2D eigenvalue weighted by atomic mass is 79.9. The predicted octanol–water partition coefficient (Wildman–Crippen LogP) is 4.69. The monoisotopic (exact) mass is 409 g/mol. The van der Waals surface area contributed by atoms with Crippen molar-refractivity contribution in [3.63, 3.8) is 0 Å². The Hall–Kier alpha value is -0.740. The number of thiophene rings is 1. The first-order valence-electron chi connectivity index (χ1n) is 5.16. The van der Waals surface area contributed by atoms with Crippen LogP contribution in [0.4, 0.5) is 17.1 Å². The van der Waals surface area contributed by atoms with E-state index in [0.717, 1.165) is 22.7 Å². The van der Waals surface area contributed by atoms with Crippen LogP contribution >= 0.6 is 38.9 Å². The molecule has 1 N–H and O–H groups in total. The van der Waals surface area contributed by atoms with Crippen molar-refractivity contribution < 1.29 is 8.42 Å². The van der Waals surface area contributed by atoms with E-state index in [0.29, 0.717) is 25.9 Å². The van der Waals surface area contributed by atoms with Gasteiger partial charge in [-0.1, -0.05) is 17.7 Å². The molecule has 0 atom stereocenters. The summed E-state index contributed by atoms with van der Waals surface area (Å²) in [6.45, 7) is 0. The second-order valence-electron chi connectivity index (χ2n) is 3.73. The number of benzene rings is 1. The summed E-state index contributed by atoms with van der Waals surface area (Å²) in [6.07, 6.45) is 0. The number of hydrogen-bond acceptors (Lipinski definition) is 5. The lowest BCUT2D eigenvalue weighted by atomic mass is 10.2. The molecule has 3 rings (SSSR count). The fourth-order valence-corrected chi connectivity index (χ4v) is 5.56. The molecule has 5 nitrogen and oxygen atoms in total. The van der Waals surface area contributed by atoms with E-state index in [-0.39, 0.29) is 4.21 Å². The van der Waals surface area contributed by atoms with Crippen LogP contribution in [0.3, 0.4) is 0 Å². The lowest BCUT2D eigenvalue weighted by Gasteiger charge is -2.08. The molecule has 2 aromatic rings. The van der Waals surface area contributed by atoms with Crippen molar-refractivity contribution in [1.29, 1.82) is 0 Å². The Morgan fingerprint density at radius 2 is 2.10 bits per heavy atom. The third kappa shape index (κ3) is 2.56. The van der Waals surface area contributed by atoms with Gasteiger partial charge >= 0.3 is 0 Å². The minimum atomic E-state index is -3.69. The molecule has 0 aliphatic carbocycles. The van der Waals surface area contributed by atoms with Gasteiger partial charge in [0, 0.05) is 0 Å². The van der Waals surface area contributed by atoms with E-state index < -0.39 is 10.0 Å². The van der Waals surface area contributed by atoms with Gasteiger partial charge in [0.25, 0.3) is 10.0 Å². The van der Waals surface area contributed by atoms with Crippen LogP contribution in [-0.4, -0.2) is 8.42 Å². The molecule has 0 fully saturated rings. The van der Waals surface area contributed by atoms with E-state index in [1.165, 1.54) is 6.07 Å². The maximum Gasteiger partial charge on any atom is 0.271 e. The van der Waals surface area contributed by atoms with Gasteiger partial charge in [-0.25, -0.2) is 8.42 Å². The van der Waals surface area contributed by atoms with Crippen LogP contribution in [0.25, 0.3) is 0 Å². The van der Waals surface area contributed by atoms with Gasteiger partial charge in [-0.2, -0.15) is 8.73 Å². The first kappa shape index (κ1) is 14.2. The Bertz CT molecular complexity index is 852. The molecule has 1 aromatic carbocycles. The molecule has 0 bridgehead atoms. The summed E-state index contributed by atoms with van der Waals surface area (Å²) in [6, 6.07) is 6.54. The largest absolute Gasteiger partial charge is 0.277 e. The highest BCUT2D eigenvalue weighted by Crippen LogP contribution is 2.40. The summed E-state index contributed by atoms with van der Waals surface area (Å²) < 4.78 is 36.0. The lowest BCUT2D eigenvalue weighted by molar-refractivity contribution is 0.603. The van der Waals surface area contributed by atoms with Crippen LogP contribution in [0.2, 0.25) is 5.02 Å². The van der Waals surface area contributed by atoms with Gasteiger partial charge in [-0.15, -0.1) is 11.3 Å². The maximum absolute atomic E-state index is 12.3. The summed E-state index contributed by atoms with van der Waals surface area (Å²) in [4.78, 5) is 0. The van der Waals surface area contributed by atoms with Crippen LogP contribution in [0.1, 0.15) is 0 Å². The topological polar surface area (TPSA) is 70.9 Å². The molecule has 0 amide bonds. The van der Waals surface area contributed by atoms with Gasteiger partial charge in [0.1, 0.15) is 15.6 Å². The molecule has 1 aliphatic heterocycles. The van der Waals surface area contributed by atoms with Gasteiger partial charge < -0.3 is 0 Å². The van der Waals surface area contributed by atoms with Crippen LogP contribution in [0.15, 0.2) is 41.0 Å².